The number of allylic oxidation sites excluding steroid dienone is 1. The topological polar surface area (TPSA) is 50.2 Å². The molecule has 0 saturated carbocycles. The molecule has 0 spiro atoms. The molecule has 5 aromatic rings. The molecule has 0 fully saturated rings. The largest absolute Gasteiger partial charge is 0.301 e. The predicted molar refractivity (Wildman–Crippen MR) is 144 cm³/mol. The molecule has 0 saturated heterocycles. The highest BCUT2D eigenvalue weighted by Crippen LogP contribution is 2.39. The van der Waals surface area contributed by atoms with E-state index >= 15 is 0 Å². The third-order valence-corrected chi connectivity index (χ3v) is 6.54. The lowest BCUT2D eigenvalue weighted by atomic mass is 9.86. The lowest BCUT2D eigenvalue weighted by Crippen LogP contribution is -2.22. The van der Waals surface area contributed by atoms with Gasteiger partial charge in [-0.1, -0.05) is 93.6 Å². The van der Waals surface area contributed by atoms with E-state index in [1.54, 1.807) is 10.6 Å². The summed E-state index contributed by atoms with van der Waals surface area (Å²) in [5.74, 6) is 0. The van der Waals surface area contributed by atoms with Crippen LogP contribution in [0.15, 0.2) is 96.3 Å². The van der Waals surface area contributed by atoms with Gasteiger partial charge >= 0.3 is 0 Å². The maximum Gasteiger partial charge on any atom is 0.276 e. The number of benzene rings is 3. The zero-order valence-corrected chi connectivity index (χ0v) is 20.2. The number of rotatable bonds is 4. The summed E-state index contributed by atoms with van der Waals surface area (Å²) >= 11 is 0. The van der Waals surface area contributed by atoms with Crippen molar-refractivity contribution in [2.24, 2.45) is 0 Å². The van der Waals surface area contributed by atoms with Crippen molar-refractivity contribution in [1.82, 2.24) is 8.97 Å². The molecule has 2 heterocycles. The van der Waals surface area contributed by atoms with Crippen LogP contribution >= 0.6 is 0 Å². The molecule has 0 unspecified atom stereocenters. The van der Waals surface area contributed by atoms with Crippen molar-refractivity contribution in [3.8, 4) is 28.5 Å². The fourth-order valence-electron chi connectivity index (χ4n) is 4.84. The highest BCUT2D eigenvalue weighted by Gasteiger charge is 2.26. The summed E-state index contributed by atoms with van der Waals surface area (Å²) in [7, 11) is 0. The van der Waals surface area contributed by atoms with E-state index in [-0.39, 0.29) is 11.0 Å². The molecule has 0 radical (unpaired) electrons. The monoisotopic (exact) mass is 457 g/mol. The summed E-state index contributed by atoms with van der Waals surface area (Å²) in [5.41, 5.74) is 6.88. The van der Waals surface area contributed by atoms with E-state index in [1.807, 2.05) is 71.1 Å². The summed E-state index contributed by atoms with van der Waals surface area (Å²) < 4.78 is 3.71. The van der Waals surface area contributed by atoms with Crippen LogP contribution in [0, 0.1) is 11.3 Å². The van der Waals surface area contributed by atoms with Crippen molar-refractivity contribution < 1.29 is 0 Å². The molecule has 5 rings (SSSR count). The quantitative estimate of drug-likeness (QED) is 0.274. The van der Waals surface area contributed by atoms with E-state index in [9.17, 15) is 10.1 Å². The van der Waals surface area contributed by atoms with Gasteiger partial charge in [-0.15, -0.1) is 6.58 Å². The number of hydrogen-bond donors (Lipinski definition) is 0. The highest BCUT2D eigenvalue weighted by atomic mass is 16.1. The minimum atomic E-state index is -0.142. The SMILES string of the molecule is C=CCn1c(=O)c2c(-c3ccc(C(C)(C)C)cc3)c(C#N)c(-c3ccccc3)n2c2ccccc21. The minimum Gasteiger partial charge on any atom is -0.301 e. The van der Waals surface area contributed by atoms with E-state index in [4.69, 9.17) is 0 Å². The second-order valence-corrected chi connectivity index (χ2v) is 9.78. The second-order valence-electron chi connectivity index (χ2n) is 9.78. The summed E-state index contributed by atoms with van der Waals surface area (Å²) in [6, 6.07) is 28.3. The van der Waals surface area contributed by atoms with Gasteiger partial charge in [0.25, 0.3) is 5.56 Å². The van der Waals surface area contributed by atoms with Crippen molar-refractivity contribution in [3.05, 3.63) is 113 Å². The Morgan fingerprint density at radius 1 is 0.886 bits per heavy atom. The molecule has 0 N–H and O–H groups in total. The van der Waals surface area contributed by atoms with Crippen molar-refractivity contribution >= 4 is 16.6 Å². The van der Waals surface area contributed by atoms with Crippen LogP contribution < -0.4 is 5.56 Å². The molecular weight excluding hydrogens is 430 g/mol. The van der Waals surface area contributed by atoms with E-state index < -0.39 is 0 Å². The normalized spacial score (nSPS) is 11.6. The first-order valence-corrected chi connectivity index (χ1v) is 11.7. The van der Waals surface area contributed by atoms with Crippen LogP contribution in [-0.2, 0) is 12.0 Å². The Labute approximate surface area is 205 Å². The van der Waals surface area contributed by atoms with Crippen LogP contribution in [0.25, 0.3) is 38.9 Å². The maximum absolute atomic E-state index is 14.1. The number of aromatic nitrogens is 2. The Hall–Kier alpha value is -4.36. The molecule has 0 aliphatic carbocycles. The molecule has 4 heteroatoms. The summed E-state index contributed by atoms with van der Waals surface area (Å²) in [6.45, 7) is 10.8. The summed E-state index contributed by atoms with van der Waals surface area (Å²) in [4.78, 5) is 14.1. The van der Waals surface area contributed by atoms with Gasteiger partial charge < -0.3 is 8.97 Å². The van der Waals surface area contributed by atoms with E-state index in [0.29, 0.717) is 23.2 Å². The highest BCUT2D eigenvalue weighted by molar-refractivity contribution is 5.97. The average molecular weight is 458 g/mol. The zero-order valence-electron chi connectivity index (χ0n) is 20.2. The smallest absolute Gasteiger partial charge is 0.276 e. The van der Waals surface area contributed by atoms with E-state index in [0.717, 1.165) is 27.9 Å². The first kappa shape index (κ1) is 22.4. The fraction of sp³-hybridized carbons (Fsp3) is 0.161. The Morgan fingerprint density at radius 3 is 2.11 bits per heavy atom. The van der Waals surface area contributed by atoms with Crippen LogP contribution in [-0.4, -0.2) is 8.97 Å². The van der Waals surface area contributed by atoms with Crippen molar-refractivity contribution in [2.45, 2.75) is 32.7 Å². The van der Waals surface area contributed by atoms with Gasteiger partial charge in [0.2, 0.25) is 0 Å². The summed E-state index contributed by atoms with van der Waals surface area (Å²) in [6.07, 6.45) is 1.73. The van der Waals surface area contributed by atoms with Gasteiger partial charge in [0.05, 0.1) is 22.3 Å². The predicted octanol–water partition coefficient (Wildman–Crippen LogP) is 6.94. The second kappa shape index (κ2) is 8.45. The number of nitrogens with zero attached hydrogens (tertiary/aromatic N) is 3. The molecule has 2 aromatic heterocycles. The number of fused-ring (bicyclic) bond motifs is 3. The first-order chi connectivity index (χ1) is 16.9. The third kappa shape index (κ3) is 3.57. The van der Waals surface area contributed by atoms with Gasteiger partial charge in [-0.3, -0.25) is 4.79 Å². The van der Waals surface area contributed by atoms with Crippen molar-refractivity contribution in [1.29, 1.82) is 5.26 Å². The van der Waals surface area contributed by atoms with E-state index in [1.165, 1.54) is 5.56 Å². The number of nitriles is 1. The van der Waals surface area contributed by atoms with Gasteiger partial charge in [-0.05, 0) is 34.2 Å². The average Bonchev–Trinajstić information content (AvgIpc) is 3.22. The van der Waals surface area contributed by atoms with Gasteiger partial charge in [-0.25, -0.2) is 0 Å². The Balaban J connectivity index is 2.01. The molecule has 0 aliphatic rings. The standard InChI is InChI=1S/C31H27N3O/c1-5-19-33-25-13-9-10-14-26(25)34-28(22-11-7-6-8-12-22)24(20-32)27(29(34)30(33)35)21-15-17-23(18-16-21)31(2,3)4/h5-18H,1,19H2,2-4H3. The minimum absolute atomic E-state index is 0.00149. The first-order valence-electron chi connectivity index (χ1n) is 11.7. The number of hydrogen-bond acceptors (Lipinski definition) is 2. The molecule has 35 heavy (non-hydrogen) atoms. The molecule has 3 aromatic carbocycles. The Kier molecular flexibility index (Phi) is 5.42. The van der Waals surface area contributed by atoms with Gasteiger partial charge in [0.1, 0.15) is 11.6 Å². The van der Waals surface area contributed by atoms with Crippen molar-refractivity contribution in [2.75, 3.05) is 0 Å². The Morgan fingerprint density at radius 2 is 1.51 bits per heavy atom. The molecular formula is C31H27N3O. The van der Waals surface area contributed by atoms with E-state index in [2.05, 4.69) is 45.6 Å². The van der Waals surface area contributed by atoms with Crippen LogP contribution in [0.2, 0.25) is 0 Å². The van der Waals surface area contributed by atoms with Gasteiger partial charge in [0, 0.05) is 12.1 Å². The fourth-order valence-corrected chi connectivity index (χ4v) is 4.84. The molecule has 4 nitrogen and oxygen atoms in total. The van der Waals surface area contributed by atoms with Crippen LogP contribution in [0.4, 0.5) is 0 Å². The maximum atomic E-state index is 14.1. The van der Waals surface area contributed by atoms with Gasteiger partial charge in [0.15, 0.2) is 0 Å². The summed E-state index contributed by atoms with van der Waals surface area (Å²) in [5, 5.41) is 10.5. The molecule has 0 amide bonds. The zero-order chi connectivity index (χ0) is 24.7. The lowest BCUT2D eigenvalue weighted by Gasteiger charge is -2.19. The molecule has 0 atom stereocenters. The van der Waals surface area contributed by atoms with Crippen LogP contribution in [0.1, 0.15) is 31.9 Å². The molecule has 0 bridgehead atoms. The third-order valence-electron chi connectivity index (χ3n) is 6.54. The van der Waals surface area contributed by atoms with Gasteiger partial charge in [-0.2, -0.15) is 5.26 Å². The lowest BCUT2D eigenvalue weighted by molar-refractivity contribution is 0.590. The van der Waals surface area contributed by atoms with Crippen LogP contribution in [0.3, 0.4) is 0 Å². The molecule has 0 aliphatic heterocycles. The molecule has 172 valence electrons. The number of para-hydroxylation sites is 2. The van der Waals surface area contributed by atoms with Crippen molar-refractivity contribution in [3.63, 3.8) is 0 Å². The van der Waals surface area contributed by atoms with Crippen LogP contribution in [0.5, 0.6) is 0 Å². The Bertz CT molecular complexity index is 1670.